The molecule has 1 rings (SSSR count). The van der Waals surface area contributed by atoms with Gasteiger partial charge in [0.15, 0.2) is 0 Å². The number of likely N-dealkylation sites (N-methyl/N-ethyl adjacent to an activating group) is 1. The molecule has 0 radical (unpaired) electrons. The van der Waals surface area contributed by atoms with Gasteiger partial charge in [0.2, 0.25) is 5.91 Å². The molecule has 2 N–H and O–H groups in total. The first kappa shape index (κ1) is 13.2. The molecule has 0 saturated carbocycles. The van der Waals surface area contributed by atoms with E-state index in [1.807, 2.05) is 7.05 Å². The summed E-state index contributed by atoms with van der Waals surface area (Å²) >= 11 is 0. The first-order valence-electron chi connectivity index (χ1n) is 5.84. The zero-order chi connectivity index (χ0) is 12.0. The van der Waals surface area contributed by atoms with Crippen LogP contribution in [0, 0.1) is 5.92 Å². The van der Waals surface area contributed by atoms with Crippen LogP contribution < -0.4 is 5.73 Å². The Kier molecular flexibility index (Phi) is 5.49. The van der Waals surface area contributed by atoms with Gasteiger partial charge >= 0.3 is 0 Å². The number of amides is 1. The van der Waals surface area contributed by atoms with E-state index in [1.165, 1.54) is 0 Å². The van der Waals surface area contributed by atoms with Crippen molar-refractivity contribution in [2.75, 3.05) is 26.8 Å². The summed E-state index contributed by atoms with van der Waals surface area (Å²) in [7, 11) is 1.82. The van der Waals surface area contributed by atoms with Crippen LogP contribution in [0.25, 0.3) is 0 Å². The minimum Gasteiger partial charge on any atom is -0.381 e. The maximum Gasteiger partial charge on any atom is 0.239 e. The summed E-state index contributed by atoms with van der Waals surface area (Å²) in [6.07, 6.45) is 4.30. The van der Waals surface area contributed by atoms with Crippen molar-refractivity contribution >= 4 is 5.91 Å². The molecule has 1 unspecified atom stereocenters. The first-order chi connectivity index (χ1) is 7.65. The highest BCUT2D eigenvalue weighted by molar-refractivity contribution is 5.81. The average Bonchev–Trinajstić information content (AvgIpc) is 2.29. The maximum atomic E-state index is 11.8. The molecule has 1 heterocycles. The lowest BCUT2D eigenvalue weighted by atomic mass is 9.99. The summed E-state index contributed by atoms with van der Waals surface area (Å²) in [6, 6.07) is -0.442. The molecule has 1 fully saturated rings. The van der Waals surface area contributed by atoms with Gasteiger partial charge in [0.1, 0.15) is 0 Å². The molecular weight excluding hydrogens is 204 g/mol. The minimum atomic E-state index is -0.442. The Morgan fingerprint density at radius 3 is 2.81 bits per heavy atom. The van der Waals surface area contributed by atoms with Crippen LogP contribution in [0.3, 0.4) is 0 Å². The van der Waals surface area contributed by atoms with Gasteiger partial charge < -0.3 is 15.4 Å². The fraction of sp³-hybridized carbons (Fsp3) is 0.750. The summed E-state index contributed by atoms with van der Waals surface area (Å²) in [4.78, 5) is 13.6. The number of rotatable bonds is 5. The largest absolute Gasteiger partial charge is 0.381 e. The van der Waals surface area contributed by atoms with Gasteiger partial charge in [-0.25, -0.2) is 0 Å². The Morgan fingerprint density at radius 2 is 2.25 bits per heavy atom. The molecule has 0 aromatic rings. The second-order valence-electron chi connectivity index (χ2n) is 4.41. The third-order valence-electron chi connectivity index (χ3n) is 2.99. The van der Waals surface area contributed by atoms with Crippen LogP contribution in [-0.4, -0.2) is 43.7 Å². The molecule has 92 valence electrons. The van der Waals surface area contributed by atoms with Crippen LogP contribution in [0.1, 0.15) is 19.3 Å². The third-order valence-corrected chi connectivity index (χ3v) is 2.99. The molecule has 0 aromatic carbocycles. The molecule has 16 heavy (non-hydrogen) atoms. The normalized spacial score (nSPS) is 19.1. The average molecular weight is 226 g/mol. The van der Waals surface area contributed by atoms with Crippen LogP contribution in [0.5, 0.6) is 0 Å². The highest BCUT2D eigenvalue weighted by Gasteiger charge is 2.21. The van der Waals surface area contributed by atoms with Crippen LogP contribution in [0.15, 0.2) is 12.7 Å². The van der Waals surface area contributed by atoms with Crippen LogP contribution in [0.2, 0.25) is 0 Å². The van der Waals surface area contributed by atoms with Gasteiger partial charge in [0, 0.05) is 26.8 Å². The van der Waals surface area contributed by atoms with E-state index in [2.05, 4.69) is 6.58 Å². The van der Waals surface area contributed by atoms with Crippen molar-refractivity contribution < 1.29 is 9.53 Å². The summed E-state index contributed by atoms with van der Waals surface area (Å²) in [5.74, 6) is 0.560. The lowest BCUT2D eigenvalue weighted by Gasteiger charge is -2.28. The molecule has 4 nitrogen and oxygen atoms in total. The lowest BCUT2D eigenvalue weighted by molar-refractivity contribution is -0.132. The number of nitrogens with two attached hydrogens (primary N) is 1. The minimum absolute atomic E-state index is 0.00592. The fourth-order valence-electron chi connectivity index (χ4n) is 1.97. The van der Waals surface area contributed by atoms with E-state index in [9.17, 15) is 4.79 Å². The van der Waals surface area contributed by atoms with Crippen LogP contribution >= 0.6 is 0 Å². The van der Waals surface area contributed by atoms with Gasteiger partial charge in [-0.2, -0.15) is 0 Å². The van der Waals surface area contributed by atoms with Gasteiger partial charge in [-0.15, -0.1) is 6.58 Å². The molecule has 0 aliphatic carbocycles. The Bertz CT molecular complexity index is 237. The van der Waals surface area contributed by atoms with Gasteiger partial charge in [-0.3, -0.25) is 4.79 Å². The third kappa shape index (κ3) is 3.94. The van der Waals surface area contributed by atoms with Crippen LogP contribution in [-0.2, 0) is 9.53 Å². The molecule has 0 aromatic heterocycles. The van der Waals surface area contributed by atoms with Crippen molar-refractivity contribution in [3.8, 4) is 0 Å². The Hall–Kier alpha value is -0.870. The van der Waals surface area contributed by atoms with Crippen molar-refractivity contribution in [2.24, 2.45) is 11.7 Å². The zero-order valence-corrected chi connectivity index (χ0v) is 10.0. The van der Waals surface area contributed by atoms with Crippen molar-refractivity contribution in [3.05, 3.63) is 12.7 Å². The van der Waals surface area contributed by atoms with Crippen molar-refractivity contribution in [2.45, 2.75) is 25.3 Å². The summed E-state index contributed by atoms with van der Waals surface area (Å²) in [5.41, 5.74) is 5.75. The second-order valence-corrected chi connectivity index (χ2v) is 4.41. The molecular formula is C12H22N2O2. The fourth-order valence-corrected chi connectivity index (χ4v) is 1.97. The Morgan fingerprint density at radius 1 is 1.62 bits per heavy atom. The lowest BCUT2D eigenvalue weighted by Crippen LogP contribution is -2.43. The number of hydrogen-bond donors (Lipinski definition) is 1. The Balaban J connectivity index is 2.34. The molecule has 1 atom stereocenters. The SMILES string of the molecule is C=CCC(N)C(=O)N(C)CC1CCOCC1. The van der Waals surface area contributed by atoms with Gasteiger partial charge in [-0.05, 0) is 25.2 Å². The Labute approximate surface area is 97.4 Å². The molecule has 1 amide bonds. The quantitative estimate of drug-likeness (QED) is 0.705. The van der Waals surface area contributed by atoms with E-state index in [-0.39, 0.29) is 5.91 Å². The van der Waals surface area contributed by atoms with Gasteiger partial charge in [0.05, 0.1) is 6.04 Å². The molecule has 1 saturated heterocycles. The summed E-state index contributed by atoms with van der Waals surface area (Å²) in [6.45, 7) is 6.00. The number of ether oxygens (including phenoxy) is 1. The topological polar surface area (TPSA) is 55.6 Å². The number of carbonyl (C=O) groups excluding carboxylic acids is 1. The van der Waals surface area contributed by atoms with E-state index in [4.69, 9.17) is 10.5 Å². The summed E-state index contributed by atoms with van der Waals surface area (Å²) in [5, 5.41) is 0. The smallest absolute Gasteiger partial charge is 0.239 e. The van der Waals surface area contributed by atoms with E-state index in [0.29, 0.717) is 12.3 Å². The maximum absolute atomic E-state index is 11.8. The highest BCUT2D eigenvalue weighted by Crippen LogP contribution is 2.15. The van der Waals surface area contributed by atoms with Crippen molar-refractivity contribution in [1.82, 2.24) is 4.90 Å². The van der Waals surface area contributed by atoms with E-state index in [1.54, 1.807) is 11.0 Å². The molecule has 1 aliphatic heterocycles. The molecule has 1 aliphatic rings. The predicted octanol–water partition coefficient (Wildman–Crippen LogP) is 0.775. The van der Waals surface area contributed by atoms with Gasteiger partial charge in [-0.1, -0.05) is 6.08 Å². The monoisotopic (exact) mass is 226 g/mol. The first-order valence-corrected chi connectivity index (χ1v) is 5.84. The zero-order valence-electron chi connectivity index (χ0n) is 10.0. The van der Waals surface area contributed by atoms with E-state index >= 15 is 0 Å². The number of hydrogen-bond acceptors (Lipinski definition) is 3. The number of nitrogens with zero attached hydrogens (tertiary/aromatic N) is 1. The standard InChI is InChI=1S/C12H22N2O2/c1-3-4-11(13)12(15)14(2)9-10-5-7-16-8-6-10/h3,10-11H,1,4-9,13H2,2H3. The van der Waals surface area contributed by atoms with Crippen molar-refractivity contribution in [3.63, 3.8) is 0 Å². The highest BCUT2D eigenvalue weighted by atomic mass is 16.5. The molecule has 4 heteroatoms. The van der Waals surface area contributed by atoms with Gasteiger partial charge in [0.25, 0.3) is 0 Å². The van der Waals surface area contributed by atoms with E-state index in [0.717, 1.165) is 32.6 Å². The molecule has 0 bridgehead atoms. The summed E-state index contributed by atoms with van der Waals surface area (Å²) < 4.78 is 5.29. The molecule has 0 spiro atoms. The number of carbonyl (C=O) groups is 1. The van der Waals surface area contributed by atoms with Crippen molar-refractivity contribution in [1.29, 1.82) is 0 Å². The predicted molar refractivity (Wildman–Crippen MR) is 64.0 cm³/mol. The second kappa shape index (κ2) is 6.66. The van der Waals surface area contributed by atoms with Crippen LogP contribution in [0.4, 0.5) is 0 Å². The van der Waals surface area contributed by atoms with E-state index < -0.39 is 6.04 Å².